The summed E-state index contributed by atoms with van der Waals surface area (Å²) in [4.78, 5) is 5.21. The molecule has 2 aromatic carbocycles. The summed E-state index contributed by atoms with van der Waals surface area (Å²) in [5.41, 5.74) is 10.1. The van der Waals surface area contributed by atoms with Crippen LogP contribution in [0.1, 0.15) is 44.5 Å². The number of hydrogen-bond donors (Lipinski definition) is 0. The predicted molar refractivity (Wildman–Crippen MR) is 131 cm³/mol. The molecule has 0 N–H and O–H groups in total. The van der Waals surface area contributed by atoms with Crippen LogP contribution < -0.4 is 4.57 Å². The third kappa shape index (κ3) is 3.10. The zero-order valence-electron chi connectivity index (χ0n) is 19.5. The molecule has 5 aromatic rings. The van der Waals surface area contributed by atoms with Crippen molar-refractivity contribution in [1.82, 2.24) is 9.38 Å². The van der Waals surface area contributed by atoms with Gasteiger partial charge in [-0.1, -0.05) is 52.0 Å². The minimum Gasteiger partial charge on any atom is -0.252 e. The number of para-hydroxylation sites is 2. The zero-order chi connectivity index (χ0) is 21.9. The molecule has 0 saturated carbocycles. The summed E-state index contributed by atoms with van der Waals surface area (Å²) in [6.07, 6.45) is 2.07. The average Bonchev–Trinajstić information content (AvgIpc) is 3.01. The molecule has 3 nitrogen and oxygen atoms in total. The standard InChI is InChI=1S/C28H32N3/c1-17(2)14-20-10-9-13-24-27(20)31-23-12-8-7-11-22(23)26-25(28(31)30(24)6)19(5)16-21(29-26)15-18(3)4/h7-13,16-18H,14-15H2,1-6H3/q+1. The Hall–Kier alpha value is -2.94. The van der Waals surface area contributed by atoms with E-state index < -0.39 is 0 Å². The van der Waals surface area contributed by atoms with Crippen LogP contribution in [0, 0.1) is 18.8 Å². The maximum atomic E-state index is 5.21. The second kappa shape index (κ2) is 7.33. The number of imidazole rings is 1. The SMILES string of the molecule is Cc1cc(CC(C)C)nc2c3ccccc3n3c4c(CC(C)C)cccc4[n+](C)c3c12. The van der Waals surface area contributed by atoms with Crippen molar-refractivity contribution in [2.45, 2.75) is 47.5 Å². The minimum absolute atomic E-state index is 0.588. The van der Waals surface area contributed by atoms with E-state index in [0.717, 1.165) is 18.4 Å². The first-order valence-corrected chi connectivity index (χ1v) is 11.5. The molecule has 3 heterocycles. The van der Waals surface area contributed by atoms with Gasteiger partial charge in [-0.3, -0.25) is 4.98 Å². The molecule has 3 heteroatoms. The molecule has 0 spiro atoms. The third-order valence-corrected chi connectivity index (χ3v) is 6.35. The lowest BCUT2D eigenvalue weighted by molar-refractivity contribution is -0.617. The van der Waals surface area contributed by atoms with E-state index in [4.69, 9.17) is 4.98 Å². The Morgan fingerprint density at radius 2 is 1.68 bits per heavy atom. The van der Waals surface area contributed by atoms with Crippen molar-refractivity contribution in [2.24, 2.45) is 18.9 Å². The smallest absolute Gasteiger partial charge is 0.252 e. The molecule has 158 valence electrons. The number of nitrogens with zero attached hydrogens (tertiary/aromatic N) is 3. The molecule has 0 aliphatic carbocycles. The van der Waals surface area contributed by atoms with Gasteiger partial charge in [-0.25, -0.2) is 4.57 Å². The van der Waals surface area contributed by atoms with Crippen molar-refractivity contribution in [3.8, 4) is 0 Å². The first kappa shape index (κ1) is 20.0. The van der Waals surface area contributed by atoms with E-state index in [2.05, 4.69) is 99.2 Å². The Morgan fingerprint density at radius 3 is 2.42 bits per heavy atom. The van der Waals surface area contributed by atoms with Crippen LogP contribution in [0.25, 0.3) is 38.5 Å². The number of fused-ring (bicyclic) bond motifs is 8. The van der Waals surface area contributed by atoms with Crippen LogP contribution in [0.2, 0.25) is 0 Å². The van der Waals surface area contributed by atoms with Gasteiger partial charge < -0.3 is 0 Å². The largest absolute Gasteiger partial charge is 0.297 e. The van der Waals surface area contributed by atoms with Crippen molar-refractivity contribution in [3.05, 3.63) is 65.4 Å². The molecule has 3 aromatic heterocycles. The number of pyridine rings is 2. The van der Waals surface area contributed by atoms with E-state index in [1.165, 1.54) is 49.8 Å². The van der Waals surface area contributed by atoms with Crippen molar-refractivity contribution < 1.29 is 4.57 Å². The Bertz CT molecular complexity index is 1450. The van der Waals surface area contributed by atoms with Crippen LogP contribution in [0.4, 0.5) is 0 Å². The van der Waals surface area contributed by atoms with Gasteiger partial charge in [0.15, 0.2) is 11.0 Å². The van der Waals surface area contributed by atoms with Crippen LogP contribution in [-0.2, 0) is 19.9 Å². The van der Waals surface area contributed by atoms with Crippen LogP contribution in [0.15, 0.2) is 48.5 Å². The maximum absolute atomic E-state index is 5.21. The first-order valence-electron chi connectivity index (χ1n) is 11.5. The highest BCUT2D eigenvalue weighted by atomic mass is 15.1. The van der Waals surface area contributed by atoms with Gasteiger partial charge in [0.1, 0.15) is 5.52 Å². The van der Waals surface area contributed by atoms with Crippen molar-refractivity contribution in [3.63, 3.8) is 0 Å². The molecule has 31 heavy (non-hydrogen) atoms. The van der Waals surface area contributed by atoms with E-state index in [0.29, 0.717) is 11.8 Å². The van der Waals surface area contributed by atoms with E-state index >= 15 is 0 Å². The van der Waals surface area contributed by atoms with Crippen LogP contribution in [0.5, 0.6) is 0 Å². The first-order chi connectivity index (χ1) is 14.9. The quantitative estimate of drug-likeness (QED) is 0.251. The predicted octanol–water partition coefficient (Wildman–Crippen LogP) is 6.32. The fraction of sp³-hybridized carbons (Fsp3) is 0.357. The molecule has 0 bridgehead atoms. The maximum Gasteiger partial charge on any atom is 0.297 e. The van der Waals surface area contributed by atoms with Gasteiger partial charge in [-0.05, 0) is 61.4 Å². The van der Waals surface area contributed by atoms with Gasteiger partial charge in [0.05, 0.1) is 18.0 Å². The van der Waals surface area contributed by atoms with Crippen molar-refractivity contribution >= 4 is 38.5 Å². The monoisotopic (exact) mass is 410 g/mol. The molecule has 0 amide bonds. The van der Waals surface area contributed by atoms with Crippen molar-refractivity contribution in [1.29, 1.82) is 0 Å². The van der Waals surface area contributed by atoms with Crippen LogP contribution >= 0.6 is 0 Å². The summed E-state index contributed by atoms with van der Waals surface area (Å²) in [6, 6.07) is 17.8. The fourth-order valence-corrected chi connectivity index (χ4v) is 5.20. The molecule has 0 atom stereocenters. The topological polar surface area (TPSA) is 21.2 Å². The van der Waals surface area contributed by atoms with E-state index in [9.17, 15) is 0 Å². The number of benzene rings is 2. The van der Waals surface area contributed by atoms with Crippen LogP contribution in [-0.4, -0.2) is 9.38 Å². The molecule has 0 fully saturated rings. The molecule has 0 aliphatic heterocycles. The molecule has 5 rings (SSSR count). The van der Waals surface area contributed by atoms with Gasteiger partial charge in [0, 0.05) is 16.6 Å². The second-order valence-corrected chi connectivity index (χ2v) is 9.87. The Kier molecular flexibility index (Phi) is 4.73. The zero-order valence-corrected chi connectivity index (χ0v) is 19.5. The van der Waals surface area contributed by atoms with Gasteiger partial charge in [0.25, 0.3) is 5.65 Å². The highest BCUT2D eigenvalue weighted by Crippen LogP contribution is 2.34. The lowest BCUT2D eigenvalue weighted by Gasteiger charge is -2.11. The summed E-state index contributed by atoms with van der Waals surface area (Å²) in [7, 11) is 2.20. The normalized spacial score (nSPS) is 12.4. The molecular formula is C28H32N3+. The fourth-order valence-electron chi connectivity index (χ4n) is 5.20. The summed E-state index contributed by atoms with van der Waals surface area (Å²) < 4.78 is 4.85. The summed E-state index contributed by atoms with van der Waals surface area (Å²) >= 11 is 0. The summed E-state index contributed by atoms with van der Waals surface area (Å²) in [5, 5.41) is 2.50. The highest BCUT2D eigenvalue weighted by Gasteiger charge is 2.27. The third-order valence-electron chi connectivity index (χ3n) is 6.35. The average molecular weight is 411 g/mol. The lowest BCUT2D eigenvalue weighted by Crippen LogP contribution is -2.27. The van der Waals surface area contributed by atoms with E-state index in [1.54, 1.807) is 0 Å². The van der Waals surface area contributed by atoms with E-state index in [1.807, 2.05) is 0 Å². The van der Waals surface area contributed by atoms with Gasteiger partial charge >= 0.3 is 0 Å². The molecular weight excluding hydrogens is 378 g/mol. The number of hydrogen-bond acceptors (Lipinski definition) is 1. The summed E-state index contributed by atoms with van der Waals surface area (Å²) in [5.74, 6) is 1.19. The van der Waals surface area contributed by atoms with Gasteiger partial charge in [-0.2, -0.15) is 4.40 Å². The number of rotatable bonds is 4. The summed E-state index contributed by atoms with van der Waals surface area (Å²) in [6.45, 7) is 11.4. The minimum atomic E-state index is 0.588. The van der Waals surface area contributed by atoms with Crippen molar-refractivity contribution in [2.75, 3.05) is 0 Å². The lowest BCUT2D eigenvalue weighted by atomic mass is 10.0. The van der Waals surface area contributed by atoms with Crippen LogP contribution in [0.3, 0.4) is 0 Å². The Balaban J connectivity index is 2.04. The van der Waals surface area contributed by atoms with Gasteiger partial charge in [0.2, 0.25) is 0 Å². The van der Waals surface area contributed by atoms with E-state index in [-0.39, 0.29) is 0 Å². The molecule has 0 saturated heterocycles. The molecule has 0 radical (unpaired) electrons. The molecule has 0 aliphatic rings. The highest BCUT2D eigenvalue weighted by molar-refractivity contribution is 6.12. The number of aryl methyl sites for hydroxylation is 2. The Labute approximate surface area is 184 Å². The second-order valence-electron chi connectivity index (χ2n) is 9.87. The Morgan fingerprint density at radius 1 is 0.935 bits per heavy atom. The molecule has 0 unspecified atom stereocenters. The van der Waals surface area contributed by atoms with Gasteiger partial charge in [-0.15, -0.1) is 0 Å². The number of aromatic nitrogens is 3.